The molecule has 0 saturated heterocycles. The van der Waals surface area contributed by atoms with Crippen molar-refractivity contribution < 1.29 is 9.84 Å². The first-order valence-corrected chi connectivity index (χ1v) is 5.33. The van der Waals surface area contributed by atoms with Gasteiger partial charge in [0, 0.05) is 5.56 Å². The van der Waals surface area contributed by atoms with E-state index in [1.54, 1.807) is 13.1 Å². The van der Waals surface area contributed by atoms with Gasteiger partial charge in [-0.3, -0.25) is 0 Å². The van der Waals surface area contributed by atoms with Crippen LogP contribution in [0.4, 0.5) is 0 Å². The number of ether oxygens (including phenoxy) is 1. The van der Waals surface area contributed by atoms with Gasteiger partial charge >= 0.3 is 0 Å². The van der Waals surface area contributed by atoms with E-state index in [1.165, 1.54) is 4.80 Å². The minimum absolute atomic E-state index is 0.158. The molecule has 0 amide bonds. The number of hydrogen-bond donors (Lipinski definition) is 1. The summed E-state index contributed by atoms with van der Waals surface area (Å²) in [5.74, 6) is 6.58. The number of hydrogen-bond acceptors (Lipinski definition) is 5. The molecule has 1 heterocycles. The molecule has 92 valence electrons. The fraction of sp³-hybridized carbons (Fsp3) is 0.250. The monoisotopic (exact) mass is 244 g/mol. The highest BCUT2D eigenvalue weighted by atomic mass is 16.5. The standard InChI is InChI=1S/C12H12N4O2/c1-16-14-12(13-15-16)9-18-11-6-2-4-10(8-11)5-3-7-17/h2,4,6,8,17H,7,9H2,1H3. The SMILES string of the molecule is Cn1nnc(COc2cccc(C#CCO)c2)n1. The van der Waals surface area contributed by atoms with Crippen molar-refractivity contribution in [2.45, 2.75) is 6.61 Å². The molecule has 0 aliphatic heterocycles. The molecule has 0 atom stereocenters. The molecule has 0 bridgehead atoms. The van der Waals surface area contributed by atoms with E-state index in [2.05, 4.69) is 27.3 Å². The number of benzene rings is 1. The molecule has 1 aromatic heterocycles. The second kappa shape index (κ2) is 5.80. The third-order valence-corrected chi connectivity index (χ3v) is 2.06. The first-order valence-electron chi connectivity index (χ1n) is 5.33. The molecule has 2 aromatic rings. The summed E-state index contributed by atoms with van der Waals surface area (Å²) in [5, 5.41) is 20.2. The van der Waals surface area contributed by atoms with E-state index in [4.69, 9.17) is 9.84 Å². The van der Waals surface area contributed by atoms with Crippen LogP contribution in [0.15, 0.2) is 24.3 Å². The van der Waals surface area contributed by atoms with Gasteiger partial charge in [0.2, 0.25) is 5.82 Å². The first-order chi connectivity index (χ1) is 8.78. The number of aliphatic hydroxyl groups is 1. The molecule has 0 radical (unpaired) electrons. The molecule has 6 heteroatoms. The maximum absolute atomic E-state index is 8.62. The van der Waals surface area contributed by atoms with Gasteiger partial charge in [0.1, 0.15) is 12.4 Å². The van der Waals surface area contributed by atoms with Crippen molar-refractivity contribution >= 4 is 0 Å². The topological polar surface area (TPSA) is 73.1 Å². The molecule has 0 aliphatic rings. The molecule has 1 N–H and O–H groups in total. The third-order valence-electron chi connectivity index (χ3n) is 2.06. The summed E-state index contributed by atoms with van der Waals surface area (Å²) in [6.45, 7) is 0.0966. The molecular formula is C12H12N4O2. The van der Waals surface area contributed by atoms with Crippen LogP contribution in [0.5, 0.6) is 5.75 Å². The maximum Gasteiger partial charge on any atom is 0.212 e. The van der Waals surface area contributed by atoms with Gasteiger partial charge in [-0.2, -0.15) is 4.80 Å². The number of aromatic nitrogens is 4. The second-order valence-corrected chi connectivity index (χ2v) is 3.47. The van der Waals surface area contributed by atoms with Gasteiger partial charge in [-0.15, -0.1) is 10.2 Å². The Kier molecular flexibility index (Phi) is 3.89. The zero-order chi connectivity index (χ0) is 12.8. The smallest absolute Gasteiger partial charge is 0.212 e. The highest BCUT2D eigenvalue weighted by Gasteiger charge is 2.01. The Morgan fingerprint density at radius 1 is 1.44 bits per heavy atom. The third kappa shape index (κ3) is 3.30. The Bertz CT molecular complexity index is 583. The van der Waals surface area contributed by atoms with Gasteiger partial charge in [-0.05, 0) is 23.4 Å². The quantitative estimate of drug-likeness (QED) is 0.777. The molecule has 6 nitrogen and oxygen atoms in total. The van der Waals surface area contributed by atoms with E-state index < -0.39 is 0 Å². The van der Waals surface area contributed by atoms with Crippen molar-refractivity contribution in [2.75, 3.05) is 6.61 Å². The summed E-state index contributed by atoms with van der Waals surface area (Å²) in [6.07, 6.45) is 0. The van der Waals surface area contributed by atoms with Gasteiger partial charge in [0.15, 0.2) is 6.61 Å². The predicted octanol–water partition coefficient (Wildman–Crippen LogP) is 0.133. The summed E-state index contributed by atoms with van der Waals surface area (Å²) in [4.78, 5) is 1.38. The van der Waals surface area contributed by atoms with Gasteiger partial charge < -0.3 is 9.84 Å². The van der Waals surface area contributed by atoms with Gasteiger partial charge in [0.05, 0.1) is 7.05 Å². The maximum atomic E-state index is 8.62. The Hall–Kier alpha value is -2.39. The van der Waals surface area contributed by atoms with Crippen LogP contribution in [0.1, 0.15) is 11.4 Å². The average molecular weight is 244 g/mol. The highest BCUT2D eigenvalue weighted by Crippen LogP contribution is 2.13. The van der Waals surface area contributed by atoms with Crippen LogP contribution in [-0.2, 0) is 13.7 Å². The van der Waals surface area contributed by atoms with Crippen LogP contribution in [0.3, 0.4) is 0 Å². The zero-order valence-electron chi connectivity index (χ0n) is 9.87. The van der Waals surface area contributed by atoms with E-state index in [9.17, 15) is 0 Å². The van der Waals surface area contributed by atoms with Crippen molar-refractivity contribution in [3.05, 3.63) is 35.7 Å². The van der Waals surface area contributed by atoms with Gasteiger partial charge in [-0.1, -0.05) is 17.9 Å². The molecule has 18 heavy (non-hydrogen) atoms. The van der Waals surface area contributed by atoms with Gasteiger partial charge in [-0.25, -0.2) is 0 Å². The van der Waals surface area contributed by atoms with E-state index in [-0.39, 0.29) is 13.2 Å². The lowest BCUT2D eigenvalue weighted by Gasteiger charge is -2.03. The van der Waals surface area contributed by atoms with Crippen LogP contribution < -0.4 is 4.74 Å². The van der Waals surface area contributed by atoms with Crippen molar-refractivity contribution in [1.29, 1.82) is 0 Å². The normalized spacial score (nSPS) is 9.67. The summed E-state index contributed by atoms with van der Waals surface area (Å²) in [7, 11) is 1.70. The fourth-order valence-electron chi connectivity index (χ4n) is 1.33. The van der Waals surface area contributed by atoms with Crippen molar-refractivity contribution in [3.63, 3.8) is 0 Å². The lowest BCUT2D eigenvalue weighted by molar-refractivity contribution is 0.295. The molecule has 1 aromatic carbocycles. The van der Waals surface area contributed by atoms with E-state index >= 15 is 0 Å². The minimum Gasteiger partial charge on any atom is -0.485 e. The molecule has 2 rings (SSSR count). The minimum atomic E-state index is -0.158. The zero-order valence-corrected chi connectivity index (χ0v) is 9.87. The number of aryl methyl sites for hydroxylation is 1. The molecule has 0 spiro atoms. The van der Waals surface area contributed by atoms with Crippen LogP contribution in [0.25, 0.3) is 0 Å². The van der Waals surface area contributed by atoms with E-state index in [0.717, 1.165) is 5.56 Å². The van der Waals surface area contributed by atoms with Crippen molar-refractivity contribution in [3.8, 4) is 17.6 Å². The molecule has 0 saturated carbocycles. The summed E-state index contributed by atoms with van der Waals surface area (Å²) in [5.41, 5.74) is 0.786. The van der Waals surface area contributed by atoms with Crippen molar-refractivity contribution in [1.82, 2.24) is 20.2 Å². The number of aliphatic hydroxyl groups excluding tert-OH is 1. The second-order valence-electron chi connectivity index (χ2n) is 3.47. The largest absolute Gasteiger partial charge is 0.485 e. The molecule has 0 fully saturated rings. The number of tetrazole rings is 1. The Labute approximate surface area is 104 Å². The number of rotatable bonds is 3. The Morgan fingerprint density at radius 2 is 2.33 bits per heavy atom. The molecule has 0 aliphatic carbocycles. The average Bonchev–Trinajstić information content (AvgIpc) is 2.80. The van der Waals surface area contributed by atoms with Crippen molar-refractivity contribution in [2.24, 2.45) is 7.05 Å². The molecule has 0 unspecified atom stereocenters. The Balaban J connectivity index is 2.01. The summed E-state index contributed by atoms with van der Waals surface area (Å²) >= 11 is 0. The predicted molar refractivity (Wildman–Crippen MR) is 63.5 cm³/mol. The summed E-state index contributed by atoms with van der Waals surface area (Å²) < 4.78 is 5.52. The van der Waals surface area contributed by atoms with Gasteiger partial charge in [0.25, 0.3) is 0 Å². The molecular weight excluding hydrogens is 232 g/mol. The highest BCUT2D eigenvalue weighted by molar-refractivity contribution is 5.39. The van der Waals surface area contributed by atoms with Crippen LogP contribution in [0, 0.1) is 11.8 Å². The van der Waals surface area contributed by atoms with Crippen LogP contribution in [0.2, 0.25) is 0 Å². The lowest BCUT2D eigenvalue weighted by Crippen LogP contribution is -1.99. The fourth-order valence-corrected chi connectivity index (χ4v) is 1.33. The van der Waals surface area contributed by atoms with Crippen LogP contribution in [-0.4, -0.2) is 31.9 Å². The Morgan fingerprint density at radius 3 is 3.06 bits per heavy atom. The van der Waals surface area contributed by atoms with E-state index in [1.807, 2.05) is 18.2 Å². The number of nitrogens with zero attached hydrogens (tertiary/aromatic N) is 4. The first kappa shape index (κ1) is 12.1. The lowest BCUT2D eigenvalue weighted by atomic mass is 10.2. The van der Waals surface area contributed by atoms with Crippen LogP contribution >= 0.6 is 0 Å². The summed E-state index contributed by atoms with van der Waals surface area (Å²) in [6, 6.07) is 7.29. The van der Waals surface area contributed by atoms with E-state index in [0.29, 0.717) is 11.6 Å².